The lowest BCUT2D eigenvalue weighted by Crippen LogP contribution is -2.33. The number of nitrogens with one attached hydrogen (secondary N) is 1. The molecule has 2 N–H and O–H groups in total. The number of carboxylic acid groups (broad SMARTS) is 1. The molecule has 0 radical (unpaired) electrons. The number of hydrogen-bond acceptors (Lipinski definition) is 4. The van der Waals surface area contributed by atoms with Gasteiger partial charge in [-0.15, -0.1) is 0 Å². The third-order valence-corrected chi connectivity index (χ3v) is 4.15. The van der Waals surface area contributed by atoms with Gasteiger partial charge in [0.15, 0.2) is 0 Å². The van der Waals surface area contributed by atoms with Gasteiger partial charge in [-0.25, -0.2) is 17.9 Å². The third-order valence-electron chi connectivity index (χ3n) is 2.66. The smallest absolute Gasteiger partial charge is 0.352 e. The van der Waals surface area contributed by atoms with Crippen molar-refractivity contribution in [1.29, 1.82) is 5.26 Å². The molecule has 8 heteroatoms. The highest BCUT2D eigenvalue weighted by molar-refractivity contribution is 7.89. The fourth-order valence-electron chi connectivity index (χ4n) is 1.56. The lowest BCUT2D eigenvalue weighted by Gasteiger charge is -2.12. The van der Waals surface area contributed by atoms with Crippen LogP contribution in [0.4, 0.5) is 0 Å². The van der Waals surface area contributed by atoms with Gasteiger partial charge in [0.05, 0.1) is 12.5 Å². The normalized spacial score (nSPS) is 12.9. The topological polar surface area (TPSA) is 112 Å². The molecule has 0 aliphatic rings. The van der Waals surface area contributed by atoms with E-state index in [-0.39, 0.29) is 17.0 Å². The number of nitrogens with zero attached hydrogens (tertiary/aromatic N) is 2. The summed E-state index contributed by atoms with van der Waals surface area (Å²) in [6.07, 6.45) is 1.77. The summed E-state index contributed by atoms with van der Waals surface area (Å²) in [4.78, 5) is 10.7. The lowest BCUT2D eigenvalue weighted by atomic mass is 10.2. The summed E-state index contributed by atoms with van der Waals surface area (Å²) in [6, 6.07) is 2.51. The largest absolute Gasteiger partial charge is 0.477 e. The number of rotatable bonds is 6. The van der Waals surface area contributed by atoms with Gasteiger partial charge in [0.2, 0.25) is 10.0 Å². The zero-order valence-electron chi connectivity index (χ0n) is 10.6. The number of aromatic nitrogens is 1. The second-order valence-corrected chi connectivity index (χ2v) is 5.78. The molecular weight excluding hydrogens is 270 g/mol. The summed E-state index contributed by atoms with van der Waals surface area (Å²) in [5, 5.41) is 17.5. The van der Waals surface area contributed by atoms with Crippen molar-refractivity contribution in [2.24, 2.45) is 7.05 Å². The van der Waals surface area contributed by atoms with Gasteiger partial charge in [-0.1, -0.05) is 6.92 Å². The molecule has 1 aromatic heterocycles. The average Bonchev–Trinajstić information content (AvgIpc) is 2.71. The van der Waals surface area contributed by atoms with Crippen LogP contribution in [0.25, 0.3) is 0 Å². The molecule has 1 unspecified atom stereocenters. The standard InChI is InChI=1S/C11H15N3O4S/c1-3-8(4-5-12)13-19(17,18)9-6-10(11(15)16)14(2)7-9/h6-8,13H,3-4H2,1-2H3,(H,15,16). The SMILES string of the molecule is CCC(CC#N)NS(=O)(=O)c1cc(C(=O)O)n(C)c1. The number of aryl methyl sites for hydroxylation is 1. The van der Waals surface area contributed by atoms with E-state index in [2.05, 4.69) is 4.72 Å². The minimum absolute atomic E-state index is 0.0638. The van der Waals surface area contributed by atoms with Crippen LogP contribution in [0.1, 0.15) is 30.3 Å². The number of aromatic carboxylic acids is 1. The second-order valence-electron chi connectivity index (χ2n) is 4.07. The van der Waals surface area contributed by atoms with E-state index in [1.165, 1.54) is 17.8 Å². The van der Waals surface area contributed by atoms with Crippen molar-refractivity contribution in [3.05, 3.63) is 18.0 Å². The Morgan fingerprint density at radius 2 is 2.26 bits per heavy atom. The van der Waals surface area contributed by atoms with E-state index in [1.54, 1.807) is 6.92 Å². The van der Waals surface area contributed by atoms with Gasteiger partial charge in [0.1, 0.15) is 10.6 Å². The highest BCUT2D eigenvalue weighted by Crippen LogP contribution is 2.14. The fraction of sp³-hybridized carbons (Fsp3) is 0.455. The van der Waals surface area contributed by atoms with Crippen molar-refractivity contribution >= 4 is 16.0 Å². The van der Waals surface area contributed by atoms with E-state index in [9.17, 15) is 13.2 Å². The predicted octanol–water partition coefficient (Wildman–Crippen LogP) is 0.694. The van der Waals surface area contributed by atoms with Crippen LogP contribution >= 0.6 is 0 Å². The van der Waals surface area contributed by atoms with Crippen LogP contribution in [0.15, 0.2) is 17.2 Å². The number of hydrogen-bond donors (Lipinski definition) is 2. The molecule has 0 fully saturated rings. The molecule has 1 rings (SSSR count). The number of nitriles is 1. The Balaban J connectivity index is 3.04. The maximum Gasteiger partial charge on any atom is 0.352 e. The maximum atomic E-state index is 12.0. The van der Waals surface area contributed by atoms with Gasteiger partial charge in [0, 0.05) is 19.3 Å². The summed E-state index contributed by atoms with van der Waals surface area (Å²) in [7, 11) is -2.36. The maximum absolute atomic E-state index is 12.0. The van der Waals surface area contributed by atoms with Gasteiger partial charge < -0.3 is 9.67 Å². The van der Waals surface area contributed by atoms with Crippen LogP contribution in [0.5, 0.6) is 0 Å². The second kappa shape index (κ2) is 5.86. The van der Waals surface area contributed by atoms with Gasteiger partial charge in [-0.2, -0.15) is 5.26 Å². The molecule has 0 spiro atoms. The van der Waals surface area contributed by atoms with Crippen molar-refractivity contribution in [2.75, 3.05) is 0 Å². The van der Waals surface area contributed by atoms with Crippen molar-refractivity contribution in [3.8, 4) is 6.07 Å². The Kier molecular flexibility index (Phi) is 4.69. The minimum atomic E-state index is -3.81. The van der Waals surface area contributed by atoms with Crippen molar-refractivity contribution in [3.63, 3.8) is 0 Å². The van der Waals surface area contributed by atoms with Crippen LogP contribution in [-0.4, -0.2) is 30.1 Å². The van der Waals surface area contributed by atoms with Crippen LogP contribution in [0.3, 0.4) is 0 Å². The number of carboxylic acids is 1. The third kappa shape index (κ3) is 3.56. The molecule has 0 aliphatic carbocycles. The first kappa shape index (κ1) is 15.2. The molecule has 0 saturated heterocycles. The van der Waals surface area contributed by atoms with Gasteiger partial charge >= 0.3 is 5.97 Å². The first-order valence-electron chi connectivity index (χ1n) is 5.60. The van der Waals surface area contributed by atoms with Crippen molar-refractivity contribution in [1.82, 2.24) is 9.29 Å². The highest BCUT2D eigenvalue weighted by atomic mass is 32.2. The first-order valence-corrected chi connectivity index (χ1v) is 7.09. The Labute approximate surface area is 111 Å². The van der Waals surface area contributed by atoms with E-state index in [0.717, 1.165) is 6.07 Å². The predicted molar refractivity (Wildman–Crippen MR) is 67.0 cm³/mol. The van der Waals surface area contributed by atoms with Crippen LogP contribution in [-0.2, 0) is 17.1 Å². The molecule has 104 valence electrons. The van der Waals surface area contributed by atoms with E-state index in [0.29, 0.717) is 6.42 Å². The molecule has 19 heavy (non-hydrogen) atoms. The molecule has 1 aromatic rings. The summed E-state index contributed by atoms with van der Waals surface area (Å²) >= 11 is 0. The van der Waals surface area contributed by atoms with Crippen LogP contribution in [0.2, 0.25) is 0 Å². The van der Waals surface area contributed by atoms with Crippen LogP contribution < -0.4 is 4.72 Å². The number of sulfonamides is 1. The molecule has 1 atom stereocenters. The lowest BCUT2D eigenvalue weighted by molar-refractivity contribution is 0.0686. The van der Waals surface area contributed by atoms with Crippen molar-refractivity contribution < 1.29 is 18.3 Å². The van der Waals surface area contributed by atoms with E-state index in [4.69, 9.17) is 10.4 Å². The summed E-state index contributed by atoms with van der Waals surface area (Å²) < 4.78 is 27.7. The quantitative estimate of drug-likeness (QED) is 0.798. The summed E-state index contributed by atoms with van der Waals surface area (Å²) in [5.41, 5.74) is -0.117. The Hall–Kier alpha value is -1.85. The highest BCUT2D eigenvalue weighted by Gasteiger charge is 2.22. The molecular formula is C11H15N3O4S. The molecule has 7 nitrogen and oxygen atoms in total. The van der Waals surface area contributed by atoms with E-state index in [1.807, 2.05) is 6.07 Å². The Morgan fingerprint density at radius 1 is 1.63 bits per heavy atom. The van der Waals surface area contributed by atoms with Gasteiger partial charge in [-0.05, 0) is 12.5 Å². The fourth-order valence-corrected chi connectivity index (χ4v) is 2.95. The molecule has 0 bridgehead atoms. The minimum Gasteiger partial charge on any atom is -0.477 e. The molecule has 0 amide bonds. The molecule has 0 aliphatic heterocycles. The van der Waals surface area contributed by atoms with E-state index < -0.39 is 22.0 Å². The monoisotopic (exact) mass is 285 g/mol. The first-order chi connectivity index (χ1) is 8.81. The Bertz CT molecular complexity index is 612. The van der Waals surface area contributed by atoms with Crippen LogP contribution in [0, 0.1) is 11.3 Å². The molecule has 1 heterocycles. The summed E-state index contributed by atoms with van der Waals surface area (Å²) in [6.45, 7) is 1.76. The molecule has 0 aromatic carbocycles. The zero-order valence-corrected chi connectivity index (χ0v) is 11.4. The van der Waals surface area contributed by atoms with Crippen molar-refractivity contribution in [2.45, 2.75) is 30.7 Å². The zero-order chi connectivity index (χ0) is 14.6. The average molecular weight is 285 g/mol. The summed E-state index contributed by atoms with van der Waals surface area (Å²) in [5.74, 6) is -1.20. The number of carbonyl (C=O) groups is 1. The molecule has 0 saturated carbocycles. The van der Waals surface area contributed by atoms with Gasteiger partial charge in [-0.3, -0.25) is 0 Å². The Morgan fingerprint density at radius 3 is 2.68 bits per heavy atom. The van der Waals surface area contributed by atoms with Gasteiger partial charge in [0.25, 0.3) is 0 Å². The van der Waals surface area contributed by atoms with E-state index >= 15 is 0 Å².